The summed E-state index contributed by atoms with van der Waals surface area (Å²) in [6.07, 6.45) is -2.82. The van der Waals surface area contributed by atoms with Crippen molar-refractivity contribution in [3.63, 3.8) is 0 Å². The number of carbonyl (C=O) groups excluding carboxylic acids is 2. The molecule has 0 saturated carbocycles. The first-order valence-corrected chi connectivity index (χ1v) is 17.3. The van der Waals surface area contributed by atoms with Gasteiger partial charge in [-0.1, -0.05) is 54.1 Å². The van der Waals surface area contributed by atoms with E-state index in [1.54, 1.807) is 7.05 Å². The van der Waals surface area contributed by atoms with Gasteiger partial charge in [0.1, 0.15) is 24.2 Å². The van der Waals surface area contributed by atoms with Crippen LogP contribution < -0.4 is 14.4 Å². The zero-order valence-electron chi connectivity index (χ0n) is 29.7. The average Bonchev–Trinajstić information content (AvgIpc) is 3.14. The highest BCUT2D eigenvalue weighted by atomic mass is 19.4. The van der Waals surface area contributed by atoms with Gasteiger partial charge in [-0.15, -0.1) is 0 Å². The van der Waals surface area contributed by atoms with E-state index in [2.05, 4.69) is 0 Å². The molecule has 1 aliphatic rings. The minimum Gasteiger partial charge on any atom is -0.490 e. The zero-order valence-corrected chi connectivity index (χ0v) is 29.7. The lowest BCUT2D eigenvalue weighted by Gasteiger charge is -2.32. The molecule has 0 spiro atoms. The summed E-state index contributed by atoms with van der Waals surface area (Å²) in [5.74, 6) is 1.28. The molecule has 5 aromatic rings. The highest BCUT2D eigenvalue weighted by molar-refractivity contribution is 6.08. The molecule has 0 aromatic heterocycles. The van der Waals surface area contributed by atoms with Gasteiger partial charge in [-0.2, -0.15) is 13.2 Å². The van der Waals surface area contributed by atoms with Crippen LogP contribution in [0.2, 0.25) is 0 Å². The van der Waals surface area contributed by atoms with Gasteiger partial charge in [-0.05, 0) is 109 Å². The molecule has 9 heteroatoms. The number of rotatable bonds is 9. The normalized spacial score (nSPS) is 13.5. The summed E-state index contributed by atoms with van der Waals surface area (Å²) in [7, 11) is 1.56. The minimum absolute atomic E-state index is 0.0565. The number of hydrogen-bond acceptors (Lipinski definition) is 4. The lowest BCUT2D eigenvalue weighted by Crippen LogP contribution is -2.41. The average molecular weight is 707 g/mol. The van der Waals surface area contributed by atoms with Gasteiger partial charge in [0.15, 0.2) is 0 Å². The molecule has 268 valence electrons. The molecule has 0 aliphatic carbocycles. The smallest absolute Gasteiger partial charge is 0.416 e. The van der Waals surface area contributed by atoms with Crippen LogP contribution in [0.15, 0.2) is 109 Å². The molecule has 1 fully saturated rings. The number of amides is 2. The molecule has 1 heterocycles. The number of anilines is 1. The summed E-state index contributed by atoms with van der Waals surface area (Å²) in [5.41, 5.74) is 6.42. The van der Waals surface area contributed by atoms with Crippen molar-refractivity contribution in [1.82, 2.24) is 4.90 Å². The Morgan fingerprint density at radius 3 is 1.90 bits per heavy atom. The Morgan fingerprint density at radius 2 is 1.33 bits per heavy atom. The highest BCUT2D eigenvalue weighted by Crippen LogP contribution is 2.32. The molecule has 6 rings (SSSR count). The summed E-state index contributed by atoms with van der Waals surface area (Å²) in [6.45, 7) is 7.44. The Bertz CT molecular complexity index is 1990. The Morgan fingerprint density at radius 1 is 0.750 bits per heavy atom. The summed E-state index contributed by atoms with van der Waals surface area (Å²) >= 11 is 0. The molecule has 52 heavy (non-hydrogen) atoms. The number of likely N-dealkylation sites (tertiary alicyclic amines) is 1. The van der Waals surface area contributed by atoms with E-state index in [0.29, 0.717) is 30.9 Å². The number of halogens is 3. The van der Waals surface area contributed by atoms with Crippen molar-refractivity contribution in [1.29, 1.82) is 0 Å². The quantitative estimate of drug-likeness (QED) is 0.153. The first kappa shape index (κ1) is 36.2. The third kappa shape index (κ3) is 8.48. The molecule has 0 radical (unpaired) electrons. The predicted molar refractivity (Wildman–Crippen MR) is 197 cm³/mol. The maximum atomic E-state index is 13.4. The van der Waals surface area contributed by atoms with Crippen LogP contribution in [-0.2, 0) is 12.8 Å². The van der Waals surface area contributed by atoms with Crippen LogP contribution in [0.25, 0.3) is 11.1 Å². The van der Waals surface area contributed by atoms with Crippen LogP contribution in [0.1, 0.15) is 61.4 Å². The number of alkyl halides is 3. The van der Waals surface area contributed by atoms with E-state index >= 15 is 0 Å². The molecular formula is C43H41F3N2O4. The van der Waals surface area contributed by atoms with E-state index in [9.17, 15) is 22.8 Å². The van der Waals surface area contributed by atoms with Crippen molar-refractivity contribution in [3.8, 4) is 22.6 Å². The van der Waals surface area contributed by atoms with Crippen molar-refractivity contribution < 1.29 is 32.2 Å². The van der Waals surface area contributed by atoms with E-state index in [1.165, 1.54) is 17.0 Å². The number of ether oxygens (including phenoxy) is 2. The molecule has 1 saturated heterocycles. The maximum absolute atomic E-state index is 13.4. The van der Waals surface area contributed by atoms with Gasteiger partial charge in [0, 0.05) is 49.8 Å². The molecule has 0 bridgehead atoms. The standard InChI is InChI=1S/C43H41F3N2O4/c1-28-5-9-33(10-6-28)41(49)48-23-21-39(22-24-48)52-38-17-7-31(8-18-38)27-51-37-19-11-32(12-20-37)34-25-29(2)40(30(3)26-34)42(50)47(4)36-15-13-35(14-16-36)43(44,45)46/h5-20,25-26,39H,21-24,27H2,1-4H3. The molecular weight excluding hydrogens is 665 g/mol. The van der Waals surface area contributed by atoms with Crippen molar-refractivity contribution in [2.75, 3.05) is 25.0 Å². The first-order valence-electron chi connectivity index (χ1n) is 17.3. The zero-order chi connectivity index (χ0) is 37.0. The topological polar surface area (TPSA) is 59.1 Å². The van der Waals surface area contributed by atoms with Crippen molar-refractivity contribution in [2.45, 2.75) is 52.5 Å². The predicted octanol–water partition coefficient (Wildman–Crippen LogP) is 9.84. The van der Waals surface area contributed by atoms with Crippen LogP contribution in [0.4, 0.5) is 18.9 Å². The second-order valence-corrected chi connectivity index (χ2v) is 13.3. The number of aryl methyl sites for hydroxylation is 3. The minimum atomic E-state index is -4.44. The third-order valence-corrected chi connectivity index (χ3v) is 9.48. The van der Waals surface area contributed by atoms with Gasteiger partial charge >= 0.3 is 6.18 Å². The van der Waals surface area contributed by atoms with E-state index in [-0.39, 0.29) is 17.9 Å². The summed E-state index contributed by atoms with van der Waals surface area (Å²) < 4.78 is 51.3. The van der Waals surface area contributed by atoms with Gasteiger partial charge < -0.3 is 19.3 Å². The summed E-state index contributed by atoms with van der Waals surface area (Å²) in [5, 5.41) is 0. The van der Waals surface area contributed by atoms with Gasteiger partial charge in [0.05, 0.1) is 5.56 Å². The number of piperidine rings is 1. The number of carbonyl (C=O) groups is 2. The fourth-order valence-corrected chi connectivity index (χ4v) is 6.45. The Kier molecular flexibility index (Phi) is 10.7. The van der Waals surface area contributed by atoms with Gasteiger partial charge in [0.25, 0.3) is 11.8 Å². The molecule has 6 nitrogen and oxygen atoms in total. The number of nitrogens with zero attached hydrogens (tertiary/aromatic N) is 2. The van der Waals surface area contributed by atoms with E-state index < -0.39 is 11.7 Å². The Labute approximate surface area is 302 Å². The van der Waals surface area contributed by atoms with Gasteiger partial charge in [-0.3, -0.25) is 9.59 Å². The summed E-state index contributed by atoms with van der Waals surface area (Å²) in [4.78, 5) is 29.5. The largest absolute Gasteiger partial charge is 0.490 e. The fraction of sp³-hybridized carbons (Fsp3) is 0.256. The molecule has 0 N–H and O–H groups in total. The molecule has 0 unspecified atom stereocenters. The lowest BCUT2D eigenvalue weighted by atomic mass is 9.94. The van der Waals surface area contributed by atoms with Crippen LogP contribution in [0.5, 0.6) is 11.5 Å². The second-order valence-electron chi connectivity index (χ2n) is 13.3. The molecule has 1 aliphatic heterocycles. The molecule has 0 atom stereocenters. The van der Waals surface area contributed by atoms with E-state index in [1.807, 2.05) is 111 Å². The van der Waals surface area contributed by atoms with Gasteiger partial charge in [-0.25, -0.2) is 0 Å². The molecule has 5 aromatic carbocycles. The fourth-order valence-electron chi connectivity index (χ4n) is 6.45. The van der Waals surface area contributed by atoms with Crippen LogP contribution in [-0.4, -0.2) is 43.0 Å². The number of benzene rings is 5. The summed E-state index contributed by atoms with van der Waals surface area (Å²) in [6, 6.07) is 31.8. The lowest BCUT2D eigenvalue weighted by molar-refractivity contribution is -0.137. The monoisotopic (exact) mass is 706 g/mol. The SMILES string of the molecule is Cc1ccc(C(=O)N2CCC(Oc3ccc(COc4ccc(-c5cc(C)c(C(=O)N(C)c6ccc(C(F)(F)F)cc6)c(C)c5)cc4)cc3)CC2)cc1. The third-order valence-electron chi connectivity index (χ3n) is 9.48. The van der Waals surface area contributed by atoms with Crippen molar-refractivity contribution >= 4 is 17.5 Å². The van der Waals surface area contributed by atoms with E-state index in [0.717, 1.165) is 75.4 Å². The van der Waals surface area contributed by atoms with Crippen molar-refractivity contribution in [2.24, 2.45) is 0 Å². The second kappa shape index (κ2) is 15.4. The number of hydrogen-bond donors (Lipinski definition) is 0. The van der Waals surface area contributed by atoms with Crippen LogP contribution >= 0.6 is 0 Å². The van der Waals surface area contributed by atoms with Crippen LogP contribution in [0, 0.1) is 20.8 Å². The Balaban J connectivity index is 0.999. The van der Waals surface area contributed by atoms with Crippen molar-refractivity contribution in [3.05, 3.63) is 148 Å². The molecule has 2 amide bonds. The van der Waals surface area contributed by atoms with Crippen LogP contribution in [0.3, 0.4) is 0 Å². The highest BCUT2D eigenvalue weighted by Gasteiger charge is 2.30. The van der Waals surface area contributed by atoms with E-state index in [4.69, 9.17) is 9.47 Å². The Hall–Kier alpha value is -5.57. The van der Waals surface area contributed by atoms with Gasteiger partial charge in [0.2, 0.25) is 0 Å². The maximum Gasteiger partial charge on any atom is 0.416 e. The first-order chi connectivity index (χ1) is 24.9.